The third-order valence-electron chi connectivity index (χ3n) is 3.84. The van der Waals surface area contributed by atoms with Crippen LogP contribution < -0.4 is 0 Å². The Labute approximate surface area is 92.6 Å². The summed E-state index contributed by atoms with van der Waals surface area (Å²) < 4.78 is 0. The maximum absolute atomic E-state index is 2.78. The van der Waals surface area contributed by atoms with E-state index in [0.717, 1.165) is 12.0 Å². The number of fused-ring (bicyclic) bond motifs is 1. The van der Waals surface area contributed by atoms with Gasteiger partial charge in [-0.2, -0.15) is 11.8 Å². The van der Waals surface area contributed by atoms with Crippen LogP contribution in [0.2, 0.25) is 0 Å². The molecule has 1 aliphatic heterocycles. The van der Waals surface area contributed by atoms with Crippen LogP contribution in [0.15, 0.2) is 0 Å². The molecule has 0 radical (unpaired) electrons. The number of thioether (sulfide) groups is 1. The summed E-state index contributed by atoms with van der Waals surface area (Å²) in [6.07, 6.45) is 7.47. The highest BCUT2D eigenvalue weighted by Gasteiger charge is 2.34. The Morgan fingerprint density at radius 1 is 1.21 bits per heavy atom. The monoisotopic (exact) mass is 213 g/mol. The fraction of sp³-hybridized carbons (Fsp3) is 1.00. The van der Waals surface area contributed by atoms with E-state index >= 15 is 0 Å². The van der Waals surface area contributed by atoms with E-state index in [-0.39, 0.29) is 0 Å². The van der Waals surface area contributed by atoms with Crippen molar-refractivity contribution in [3.63, 3.8) is 0 Å². The Balaban J connectivity index is 1.78. The van der Waals surface area contributed by atoms with Crippen molar-refractivity contribution in [3.05, 3.63) is 0 Å². The lowest BCUT2D eigenvalue weighted by Crippen LogP contribution is -2.43. The fourth-order valence-corrected chi connectivity index (χ4v) is 3.81. The number of hydrogen-bond donors (Lipinski definition) is 0. The molecule has 1 saturated heterocycles. The molecule has 2 atom stereocenters. The summed E-state index contributed by atoms with van der Waals surface area (Å²) in [7, 11) is 0. The van der Waals surface area contributed by atoms with E-state index in [9.17, 15) is 0 Å². The first-order valence-corrected chi connectivity index (χ1v) is 7.39. The van der Waals surface area contributed by atoms with Crippen LogP contribution in [0.4, 0.5) is 0 Å². The Bertz CT molecular complexity index is 172. The normalized spacial score (nSPS) is 33.2. The first-order chi connectivity index (χ1) is 6.92. The van der Waals surface area contributed by atoms with Gasteiger partial charge in [0.15, 0.2) is 0 Å². The van der Waals surface area contributed by atoms with Crippen LogP contribution in [0.25, 0.3) is 0 Å². The molecular weight excluding hydrogens is 190 g/mol. The third-order valence-corrected chi connectivity index (χ3v) is 4.71. The van der Waals surface area contributed by atoms with Crippen LogP contribution >= 0.6 is 11.8 Å². The Morgan fingerprint density at radius 2 is 2.07 bits per heavy atom. The molecule has 2 fully saturated rings. The van der Waals surface area contributed by atoms with Crippen molar-refractivity contribution in [2.45, 2.75) is 45.1 Å². The SMILES string of the molecule is CCSCCN1CCCC2CCCC21. The predicted molar refractivity (Wildman–Crippen MR) is 64.9 cm³/mol. The molecule has 2 heteroatoms. The zero-order valence-electron chi connectivity index (χ0n) is 9.37. The van der Waals surface area contributed by atoms with Crippen LogP contribution in [0.3, 0.4) is 0 Å². The fourth-order valence-electron chi connectivity index (χ4n) is 3.16. The second kappa shape index (κ2) is 5.41. The van der Waals surface area contributed by atoms with E-state index in [2.05, 4.69) is 23.6 Å². The van der Waals surface area contributed by atoms with Gasteiger partial charge in [-0.25, -0.2) is 0 Å². The van der Waals surface area contributed by atoms with Gasteiger partial charge in [0.25, 0.3) is 0 Å². The van der Waals surface area contributed by atoms with Crippen LogP contribution in [0.1, 0.15) is 39.0 Å². The molecule has 0 N–H and O–H groups in total. The van der Waals surface area contributed by atoms with Gasteiger partial charge >= 0.3 is 0 Å². The number of piperidine rings is 1. The van der Waals surface area contributed by atoms with Gasteiger partial charge in [0.1, 0.15) is 0 Å². The number of hydrogen-bond acceptors (Lipinski definition) is 2. The van der Waals surface area contributed by atoms with Gasteiger partial charge in [0, 0.05) is 18.3 Å². The van der Waals surface area contributed by atoms with Crippen molar-refractivity contribution in [2.24, 2.45) is 5.92 Å². The van der Waals surface area contributed by atoms with Gasteiger partial charge in [-0.15, -0.1) is 0 Å². The Hall–Kier alpha value is 0.310. The van der Waals surface area contributed by atoms with E-state index in [1.165, 1.54) is 56.7 Å². The van der Waals surface area contributed by atoms with Crippen molar-refractivity contribution in [3.8, 4) is 0 Å². The zero-order chi connectivity index (χ0) is 9.80. The summed E-state index contributed by atoms with van der Waals surface area (Å²) in [5.41, 5.74) is 0. The minimum atomic E-state index is 0.973. The molecule has 1 saturated carbocycles. The summed E-state index contributed by atoms with van der Waals surface area (Å²) in [6.45, 7) is 4.99. The molecule has 14 heavy (non-hydrogen) atoms. The molecule has 2 rings (SSSR count). The largest absolute Gasteiger partial charge is 0.299 e. The standard InChI is InChI=1S/C12H23NS/c1-2-14-10-9-13-8-4-6-11-5-3-7-12(11)13/h11-12H,2-10H2,1H3. The van der Waals surface area contributed by atoms with Crippen molar-refractivity contribution in [1.29, 1.82) is 0 Å². The Morgan fingerprint density at radius 3 is 2.93 bits per heavy atom. The lowest BCUT2D eigenvalue weighted by atomic mass is 9.92. The molecule has 0 aromatic rings. The molecule has 0 bridgehead atoms. The van der Waals surface area contributed by atoms with Gasteiger partial charge < -0.3 is 0 Å². The second-order valence-electron chi connectivity index (χ2n) is 4.63. The summed E-state index contributed by atoms with van der Waals surface area (Å²) in [5, 5.41) is 0. The lowest BCUT2D eigenvalue weighted by molar-refractivity contribution is 0.121. The number of nitrogens with zero attached hydrogens (tertiary/aromatic N) is 1. The summed E-state index contributed by atoms with van der Waals surface area (Å²) in [6, 6.07) is 0.973. The minimum Gasteiger partial charge on any atom is -0.299 e. The van der Waals surface area contributed by atoms with E-state index in [0.29, 0.717) is 0 Å². The van der Waals surface area contributed by atoms with E-state index in [1.54, 1.807) is 0 Å². The van der Waals surface area contributed by atoms with E-state index in [4.69, 9.17) is 0 Å². The average Bonchev–Trinajstić information content (AvgIpc) is 2.67. The molecule has 0 spiro atoms. The molecule has 2 aliphatic rings. The van der Waals surface area contributed by atoms with Crippen molar-refractivity contribution in [2.75, 3.05) is 24.6 Å². The van der Waals surface area contributed by atoms with Crippen LogP contribution in [-0.4, -0.2) is 35.5 Å². The maximum atomic E-state index is 2.78. The molecule has 82 valence electrons. The molecule has 0 aromatic heterocycles. The zero-order valence-corrected chi connectivity index (χ0v) is 10.2. The van der Waals surface area contributed by atoms with E-state index < -0.39 is 0 Å². The van der Waals surface area contributed by atoms with Crippen LogP contribution in [-0.2, 0) is 0 Å². The summed E-state index contributed by atoms with van der Waals surface area (Å²) in [4.78, 5) is 2.78. The van der Waals surface area contributed by atoms with Crippen LogP contribution in [0, 0.1) is 5.92 Å². The van der Waals surface area contributed by atoms with Gasteiger partial charge in [-0.05, 0) is 43.9 Å². The van der Waals surface area contributed by atoms with Crippen molar-refractivity contribution >= 4 is 11.8 Å². The molecule has 0 aromatic carbocycles. The third kappa shape index (κ3) is 2.46. The molecule has 1 nitrogen and oxygen atoms in total. The van der Waals surface area contributed by atoms with Gasteiger partial charge in [0.05, 0.1) is 0 Å². The molecule has 0 amide bonds. The summed E-state index contributed by atoms with van der Waals surface area (Å²) in [5.74, 6) is 3.69. The molecule has 1 aliphatic carbocycles. The van der Waals surface area contributed by atoms with Crippen molar-refractivity contribution < 1.29 is 0 Å². The average molecular weight is 213 g/mol. The first kappa shape index (κ1) is 10.8. The lowest BCUT2D eigenvalue weighted by Gasteiger charge is -2.37. The number of likely N-dealkylation sites (tertiary alicyclic amines) is 1. The maximum Gasteiger partial charge on any atom is 0.0124 e. The van der Waals surface area contributed by atoms with Gasteiger partial charge in [-0.1, -0.05) is 13.3 Å². The minimum absolute atomic E-state index is 0.973. The molecular formula is C12H23NS. The Kier molecular flexibility index (Phi) is 4.18. The second-order valence-corrected chi connectivity index (χ2v) is 6.03. The molecule has 2 unspecified atom stereocenters. The number of rotatable bonds is 4. The highest BCUT2D eigenvalue weighted by Crippen LogP contribution is 2.36. The molecule has 1 heterocycles. The van der Waals surface area contributed by atoms with E-state index in [1.807, 2.05) is 0 Å². The highest BCUT2D eigenvalue weighted by atomic mass is 32.2. The van der Waals surface area contributed by atoms with Crippen molar-refractivity contribution in [1.82, 2.24) is 4.90 Å². The predicted octanol–water partition coefficient (Wildman–Crippen LogP) is 3.00. The van der Waals surface area contributed by atoms with Gasteiger partial charge in [0.2, 0.25) is 0 Å². The first-order valence-electron chi connectivity index (χ1n) is 6.23. The topological polar surface area (TPSA) is 3.24 Å². The van der Waals surface area contributed by atoms with Gasteiger partial charge in [-0.3, -0.25) is 4.90 Å². The highest BCUT2D eigenvalue weighted by molar-refractivity contribution is 7.99. The summed E-state index contributed by atoms with van der Waals surface area (Å²) >= 11 is 2.09. The smallest absolute Gasteiger partial charge is 0.0124 e. The van der Waals surface area contributed by atoms with Crippen LogP contribution in [0.5, 0.6) is 0 Å². The quantitative estimate of drug-likeness (QED) is 0.661.